The van der Waals surface area contributed by atoms with Crippen molar-refractivity contribution in [2.75, 3.05) is 25.7 Å². The minimum absolute atomic E-state index is 0.0149. The highest BCUT2D eigenvalue weighted by molar-refractivity contribution is 7.88. The van der Waals surface area contributed by atoms with Crippen LogP contribution in [-0.2, 0) is 59.1 Å². The van der Waals surface area contributed by atoms with Crippen molar-refractivity contribution in [1.29, 1.82) is 0 Å². The lowest BCUT2D eigenvalue weighted by Gasteiger charge is -2.12. The molecule has 0 N–H and O–H groups in total. The van der Waals surface area contributed by atoms with Gasteiger partial charge in [0.2, 0.25) is 0 Å². The molecule has 24 heavy (non-hydrogen) atoms. The third-order valence-electron chi connectivity index (χ3n) is 2.47. The van der Waals surface area contributed by atoms with E-state index in [-0.39, 0.29) is 12.8 Å². The molecule has 0 heterocycles. The number of hydrogen-bond donors (Lipinski definition) is 0. The molecule has 0 rings (SSSR count). The van der Waals surface area contributed by atoms with Crippen molar-refractivity contribution in [2.45, 2.75) is 37.6 Å². The average Bonchev–Trinajstić information content (AvgIpc) is 2.48. The second-order valence-corrected chi connectivity index (χ2v) is 10.9. The Hall–Kier alpha value is 0.0400. The van der Waals surface area contributed by atoms with Gasteiger partial charge in [0.25, 0.3) is 20.2 Å². The molecule has 0 amide bonds. The summed E-state index contributed by atoms with van der Waals surface area (Å²) in [6.45, 7) is 2.54. The van der Waals surface area contributed by atoms with Crippen LogP contribution in [0.25, 0.3) is 0 Å². The predicted octanol–water partition coefficient (Wildman–Crippen LogP) is -0.228. The molecule has 0 saturated heterocycles. The zero-order valence-corrected chi connectivity index (χ0v) is 17.0. The van der Waals surface area contributed by atoms with Crippen LogP contribution in [0.3, 0.4) is 0 Å². The lowest BCUT2D eigenvalue weighted by atomic mass is 10.4. The molecule has 0 aromatic rings. The van der Waals surface area contributed by atoms with Crippen molar-refractivity contribution >= 4 is 42.4 Å². The third-order valence-corrected chi connectivity index (χ3v) is 7.39. The zero-order valence-electron chi connectivity index (χ0n) is 13.7. The zero-order chi connectivity index (χ0) is 19.0. The van der Waals surface area contributed by atoms with E-state index in [9.17, 15) is 25.3 Å². The predicted molar refractivity (Wildman–Crippen MR) is 88.2 cm³/mol. The SMILES string of the molecule is COS(=O)C(C)OS(=O)(=O)CCCCS(=O)(=O)OC(C)S(=O)OC. The molecule has 0 aliphatic rings. The summed E-state index contributed by atoms with van der Waals surface area (Å²) in [7, 11) is -5.66. The number of unbranched alkanes of at least 4 members (excludes halogenated alkanes) is 1. The quantitative estimate of drug-likeness (QED) is 0.284. The Bertz CT molecular complexity index is 570. The van der Waals surface area contributed by atoms with Crippen LogP contribution in [0, 0.1) is 0 Å². The van der Waals surface area contributed by atoms with E-state index in [2.05, 4.69) is 16.7 Å². The maximum atomic E-state index is 11.6. The summed E-state index contributed by atoms with van der Waals surface area (Å²) in [5.74, 6) is -0.902. The summed E-state index contributed by atoms with van der Waals surface area (Å²) in [6, 6.07) is 0. The molecule has 0 aromatic heterocycles. The fourth-order valence-electron chi connectivity index (χ4n) is 1.40. The molecular formula is C10H22O10S4. The summed E-state index contributed by atoms with van der Waals surface area (Å²) < 4.78 is 87.1. The first-order valence-corrected chi connectivity index (χ1v) is 12.1. The molecule has 0 fully saturated rings. The van der Waals surface area contributed by atoms with Crippen molar-refractivity contribution in [3.63, 3.8) is 0 Å². The van der Waals surface area contributed by atoms with E-state index in [1.165, 1.54) is 13.8 Å². The largest absolute Gasteiger partial charge is 0.292 e. The van der Waals surface area contributed by atoms with Gasteiger partial charge in [-0.1, -0.05) is 0 Å². The third kappa shape index (κ3) is 10.1. The van der Waals surface area contributed by atoms with Gasteiger partial charge in [0, 0.05) is 0 Å². The first-order chi connectivity index (χ1) is 10.9. The molecule has 0 aromatic carbocycles. The van der Waals surface area contributed by atoms with Gasteiger partial charge in [-0.05, 0) is 26.7 Å². The summed E-state index contributed by atoms with van der Waals surface area (Å²) in [6.07, 6.45) is -0.0297. The summed E-state index contributed by atoms with van der Waals surface area (Å²) >= 11 is -3.82. The van der Waals surface area contributed by atoms with E-state index in [0.717, 1.165) is 14.2 Å². The second kappa shape index (κ2) is 10.9. The minimum atomic E-state index is -3.97. The minimum Gasteiger partial charge on any atom is -0.292 e. The number of rotatable bonds is 13. The first kappa shape index (κ1) is 24.0. The highest BCUT2D eigenvalue weighted by Crippen LogP contribution is 2.10. The fourth-order valence-corrected chi connectivity index (χ4v) is 5.31. The van der Waals surface area contributed by atoms with Crippen molar-refractivity contribution in [3.8, 4) is 0 Å². The Labute approximate surface area is 147 Å². The van der Waals surface area contributed by atoms with Gasteiger partial charge in [0.1, 0.15) is 0 Å². The lowest BCUT2D eigenvalue weighted by molar-refractivity contribution is 0.281. The molecule has 0 spiro atoms. The molecule has 10 nitrogen and oxygen atoms in total. The fraction of sp³-hybridized carbons (Fsp3) is 1.00. The molecule has 0 radical (unpaired) electrons. The average molecular weight is 431 g/mol. The van der Waals surface area contributed by atoms with Crippen molar-refractivity contribution in [1.82, 2.24) is 0 Å². The molecule has 4 atom stereocenters. The number of hydrogen-bond acceptors (Lipinski definition) is 10. The van der Waals surface area contributed by atoms with Crippen LogP contribution in [0.4, 0.5) is 0 Å². The topological polar surface area (TPSA) is 139 Å². The molecule has 4 unspecified atom stereocenters. The summed E-state index contributed by atoms with van der Waals surface area (Å²) in [5.41, 5.74) is -2.34. The van der Waals surface area contributed by atoms with Gasteiger partial charge >= 0.3 is 0 Å². The van der Waals surface area contributed by atoms with Crippen molar-refractivity contribution in [3.05, 3.63) is 0 Å². The van der Waals surface area contributed by atoms with E-state index in [1.807, 2.05) is 0 Å². The van der Waals surface area contributed by atoms with Gasteiger partial charge < -0.3 is 0 Å². The van der Waals surface area contributed by atoms with Gasteiger partial charge in [-0.3, -0.25) is 16.7 Å². The standard InChI is InChI=1S/C10H22O10S4/c1-9(21(11)17-3)19-23(13,14)7-5-6-8-24(15,16)20-10(2)22(12)18-4/h9-10H,5-8H2,1-4H3. The molecular weight excluding hydrogens is 408 g/mol. The maximum absolute atomic E-state index is 11.6. The lowest BCUT2D eigenvalue weighted by Crippen LogP contribution is -2.24. The Balaban J connectivity index is 4.32. The van der Waals surface area contributed by atoms with E-state index >= 15 is 0 Å². The first-order valence-electron chi connectivity index (χ1n) is 6.66. The van der Waals surface area contributed by atoms with Gasteiger partial charge in [0.05, 0.1) is 25.7 Å². The van der Waals surface area contributed by atoms with E-state index in [4.69, 9.17) is 0 Å². The molecule has 0 saturated carbocycles. The van der Waals surface area contributed by atoms with Crippen LogP contribution >= 0.6 is 0 Å². The highest BCUT2D eigenvalue weighted by atomic mass is 32.2. The molecule has 146 valence electrons. The smallest absolute Gasteiger partial charge is 0.268 e. The van der Waals surface area contributed by atoms with Crippen LogP contribution in [0.2, 0.25) is 0 Å². The van der Waals surface area contributed by atoms with Crippen LogP contribution in [-0.4, -0.2) is 61.9 Å². The maximum Gasteiger partial charge on any atom is 0.268 e. The summed E-state index contributed by atoms with van der Waals surface area (Å²) in [5, 5.41) is 0. The van der Waals surface area contributed by atoms with Gasteiger partial charge in [-0.15, -0.1) is 0 Å². The van der Waals surface area contributed by atoms with Crippen LogP contribution < -0.4 is 0 Å². The van der Waals surface area contributed by atoms with Gasteiger partial charge in [0.15, 0.2) is 33.0 Å². The van der Waals surface area contributed by atoms with Crippen LogP contribution in [0.5, 0.6) is 0 Å². The Morgan fingerprint density at radius 1 is 0.750 bits per heavy atom. The van der Waals surface area contributed by atoms with Gasteiger partial charge in [-0.25, -0.2) is 8.42 Å². The van der Waals surface area contributed by atoms with E-state index < -0.39 is 64.8 Å². The van der Waals surface area contributed by atoms with E-state index in [1.54, 1.807) is 0 Å². The Morgan fingerprint density at radius 3 is 1.29 bits per heavy atom. The second-order valence-electron chi connectivity index (χ2n) is 4.41. The van der Waals surface area contributed by atoms with Crippen molar-refractivity contribution in [2.24, 2.45) is 0 Å². The Kier molecular flexibility index (Phi) is 10.9. The molecule has 0 aliphatic heterocycles. The highest BCUT2D eigenvalue weighted by Gasteiger charge is 2.23. The Morgan fingerprint density at radius 2 is 1.04 bits per heavy atom. The molecule has 14 heteroatoms. The van der Waals surface area contributed by atoms with E-state index in [0.29, 0.717) is 0 Å². The summed E-state index contributed by atoms with van der Waals surface area (Å²) in [4.78, 5) is 0. The monoisotopic (exact) mass is 430 g/mol. The van der Waals surface area contributed by atoms with Gasteiger partial charge in [-0.2, -0.15) is 16.8 Å². The molecule has 0 bridgehead atoms. The molecule has 0 aliphatic carbocycles. The normalized spacial score (nSPS) is 18.0. The van der Waals surface area contributed by atoms with Crippen LogP contribution in [0.1, 0.15) is 26.7 Å². The van der Waals surface area contributed by atoms with Crippen LogP contribution in [0.15, 0.2) is 0 Å². The van der Waals surface area contributed by atoms with Crippen molar-refractivity contribution < 1.29 is 42.0 Å².